The van der Waals surface area contributed by atoms with Crippen molar-refractivity contribution in [3.05, 3.63) is 62.2 Å². The number of rotatable bonds is 3. The Kier molecular flexibility index (Phi) is 4.51. The molecule has 0 saturated heterocycles. The number of nitrogens with one attached hydrogen (secondary N) is 1. The maximum Gasteiger partial charge on any atom is 0.0638 e. The smallest absolute Gasteiger partial charge is 0.0638 e. The molecule has 0 heterocycles. The summed E-state index contributed by atoms with van der Waals surface area (Å²) in [6.07, 6.45) is 0. The Morgan fingerprint density at radius 3 is 2.61 bits per heavy atom. The largest absolute Gasteiger partial charge is 0.377 e. The zero-order valence-corrected chi connectivity index (χ0v) is 13.3. The van der Waals surface area contributed by atoms with E-state index in [1.165, 1.54) is 14.7 Å². The van der Waals surface area contributed by atoms with Crippen LogP contribution in [0.15, 0.2) is 42.5 Å². The van der Waals surface area contributed by atoms with E-state index < -0.39 is 0 Å². The fraction of sp³-hybridized carbons (Fsp3) is 0.200. The van der Waals surface area contributed by atoms with E-state index in [2.05, 4.69) is 72.1 Å². The Morgan fingerprint density at radius 2 is 1.89 bits per heavy atom. The summed E-state index contributed by atoms with van der Waals surface area (Å²) in [6, 6.07) is 14.6. The molecule has 1 nitrogen and oxygen atoms in total. The summed E-state index contributed by atoms with van der Waals surface area (Å²) >= 11 is 8.49. The summed E-state index contributed by atoms with van der Waals surface area (Å²) in [5.74, 6) is 0. The SMILES string of the molecule is Cc1ccccc1C(C)Nc1cc(I)ccc1Cl. The van der Waals surface area contributed by atoms with Gasteiger partial charge in [0, 0.05) is 9.61 Å². The lowest BCUT2D eigenvalue weighted by molar-refractivity contribution is 0.874. The average molecular weight is 372 g/mol. The van der Waals surface area contributed by atoms with Gasteiger partial charge in [0.15, 0.2) is 0 Å². The van der Waals surface area contributed by atoms with Gasteiger partial charge in [-0.1, -0.05) is 35.9 Å². The summed E-state index contributed by atoms with van der Waals surface area (Å²) < 4.78 is 1.18. The number of anilines is 1. The second-order valence-corrected chi connectivity index (χ2v) is 6.00. The molecular formula is C15H15ClIN. The van der Waals surface area contributed by atoms with Crippen molar-refractivity contribution in [2.24, 2.45) is 0 Å². The molecule has 0 amide bonds. The average Bonchev–Trinajstić information content (AvgIpc) is 2.34. The van der Waals surface area contributed by atoms with Crippen LogP contribution in [0.3, 0.4) is 0 Å². The van der Waals surface area contributed by atoms with Gasteiger partial charge >= 0.3 is 0 Å². The van der Waals surface area contributed by atoms with Crippen LogP contribution in [0, 0.1) is 10.5 Å². The Bertz CT molecular complexity index is 554. The van der Waals surface area contributed by atoms with Gasteiger partial charge < -0.3 is 5.32 Å². The first kappa shape index (κ1) is 13.7. The molecule has 0 aliphatic carbocycles. The van der Waals surface area contributed by atoms with Gasteiger partial charge in [0.1, 0.15) is 0 Å². The summed E-state index contributed by atoms with van der Waals surface area (Å²) in [5.41, 5.74) is 3.57. The Labute approximate surface area is 127 Å². The number of hydrogen-bond donors (Lipinski definition) is 1. The highest BCUT2D eigenvalue weighted by atomic mass is 127. The van der Waals surface area contributed by atoms with Crippen molar-refractivity contribution in [2.45, 2.75) is 19.9 Å². The molecule has 94 valence electrons. The van der Waals surface area contributed by atoms with E-state index in [1.807, 2.05) is 12.1 Å². The van der Waals surface area contributed by atoms with Crippen molar-refractivity contribution in [1.29, 1.82) is 0 Å². The van der Waals surface area contributed by atoms with Crippen LogP contribution in [-0.4, -0.2) is 0 Å². The molecule has 2 aromatic rings. The van der Waals surface area contributed by atoms with Crippen molar-refractivity contribution in [3.63, 3.8) is 0 Å². The predicted molar refractivity (Wildman–Crippen MR) is 87.4 cm³/mol. The highest BCUT2D eigenvalue weighted by Gasteiger charge is 2.09. The van der Waals surface area contributed by atoms with E-state index in [1.54, 1.807) is 0 Å². The molecule has 0 saturated carbocycles. The molecule has 3 heteroatoms. The second-order valence-electron chi connectivity index (χ2n) is 4.35. The van der Waals surface area contributed by atoms with Gasteiger partial charge in [0.2, 0.25) is 0 Å². The molecule has 0 fully saturated rings. The van der Waals surface area contributed by atoms with Gasteiger partial charge in [-0.15, -0.1) is 0 Å². The molecule has 1 N–H and O–H groups in total. The van der Waals surface area contributed by atoms with Gasteiger partial charge in [0.25, 0.3) is 0 Å². The molecule has 2 rings (SSSR count). The minimum atomic E-state index is 0.238. The maximum atomic E-state index is 6.20. The van der Waals surface area contributed by atoms with E-state index in [4.69, 9.17) is 11.6 Å². The van der Waals surface area contributed by atoms with E-state index in [9.17, 15) is 0 Å². The van der Waals surface area contributed by atoms with Crippen molar-refractivity contribution in [2.75, 3.05) is 5.32 Å². The molecule has 0 aromatic heterocycles. The lowest BCUT2D eigenvalue weighted by Crippen LogP contribution is -2.08. The van der Waals surface area contributed by atoms with E-state index >= 15 is 0 Å². The third kappa shape index (κ3) is 3.18. The van der Waals surface area contributed by atoms with E-state index in [0.29, 0.717) is 0 Å². The standard InChI is InChI=1S/C15H15ClIN/c1-10-5-3-4-6-13(10)11(2)18-15-9-12(17)7-8-14(15)16/h3-9,11,18H,1-2H3. The van der Waals surface area contributed by atoms with Crippen LogP contribution >= 0.6 is 34.2 Å². The summed E-state index contributed by atoms with van der Waals surface area (Å²) in [7, 11) is 0. The van der Waals surface area contributed by atoms with Crippen molar-refractivity contribution >= 4 is 39.9 Å². The molecule has 18 heavy (non-hydrogen) atoms. The first-order valence-corrected chi connectivity index (χ1v) is 7.30. The van der Waals surface area contributed by atoms with Crippen LogP contribution in [0.1, 0.15) is 24.1 Å². The van der Waals surface area contributed by atoms with Crippen LogP contribution in [0.25, 0.3) is 0 Å². The number of hydrogen-bond acceptors (Lipinski definition) is 1. The Morgan fingerprint density at radius 1 is 1.17 bits per heavy atom. The van der Waals surface area contributed by atoms with E-state index in [0.717, 1.165) is 10.7 Å². The first-order chi connectivity index (χ1) is 8.58. The summed E-state index contributed by atoms with van der Waals surface area (Å²) in [5, 5.41) is 4.23. The molecular weight excluding hydrogens is 357 g/mol. The zero-order valence-electron chi connectivity index (χ0n) is 10.4. The maximum absolute atomic E-state index is 6.20. The van der Waals surface area contributed by atoms with Gasteiger partial charge in [-0.3, -0.25) is 0 Å². The number of aryl methyl sites for hydroxylation is 1. The van der Waals surface area contributed by atoms with Gasteiger partial charge in [-0.2, -0.15) is 0 Å². The first-order valence-electron chi connectivity index (χ1n) is 5.85. The molecule has 0 aliphatic heterocycles. The van der Waals surface area contributed by atoms with Crippen molar-refractivity contribution < 1.29 is 0 Å². The molecule has 1 unspecified atom stereocenters. The van der Waals surface area contributed by atoms with Gasteiger partial charge in [-0.25, -0.2) is 0 Å². The monoisotopic (exact) mass is 371 g/mol. The van der Waals surface area contributed by atoms with Crippen LogP contribution in [-0.2, 0) is 0 Å². The summed E-state index contributed by atoms with van der Waals surface area (Å²) in [4.78, 5) is 0. The second kappa shape index (κ2) is 5.93. The highest BCUT2D eigenvalue weighted by Crippen LogP contribution is 2.28. The van der Waals surface area contributed by atoms with Crippen LogP contribution in [0.4, 0.5) is 5.69 Å². The number of halogens is 2. The molecule has 0 aliphatic rings. The zero-order chi connectivity index (χ0) is 13.1. The summed E-state index contributed by atoms with van der Waals surface area (Å²) in [6.45, 7) is 4.28. The topological polar surface area (TPSA) is 12.0 Å². The highest BCUT2D eigenvalue weighted by molar-refractivity contribution is 14.1. The molecule has 0 radical (unpaired) electrons. The van der Waals surface area contributed by atoms with Crippen LogP contribution in [0.2, 0.25) is 5.02 Å². The lowest BCUT2D eigenvalue weighted by Gasteiger charge is -2.18. The van der Waals surface area contributed by atoms with Crippen LogP contribution in [0.5, 0.6) is 0 Å². The number of benzene rings is 2. The third-order valence-corrected chi connectivity index (χ3v) is 3.96. The quantitative estimate of drug-likeness (QED) is 0.710. The van der Waals surface area contributed by atoms with Gasteiger partial charge in [0.05, 0.1) is 10.7 Å². The van der Waals surface area contributed by atoms with Crippen molar-refractivity contribution in [1.82, 2.24) is 0 Å². The fourth-order valence-corrected chi connectivity index (χ4v) is 2.66. The third-order valence-electron chi connectivity index (χ3n) is 2.96. The predicted octanol–water partition coefficient (Wildman–Crippen LogP) is 5.43. The molecule has 1 atom stereocenters. The van der Waals surface area contributed by atoms with Gasteiger partial charge in [-0.05, 0) is 65.8 Å². The van der Waals surface area contributed by atoms with Crippen molar-refractivity contribution in [3.8, 4) is 0 Å². The Hall–Kier alpha value is -0.740. The molecule has 0 bridgehead atoms. The minimum absolute atomic E-state index is 0.238. The molecule has 2 aromatic carbocycles. The van der Waals surface area contributed by atoms with E-state index in [-0.39, 0.29) is 6.04 Å². The Balaban J connectivity index is 2.24. The molecule has 0 spiro atoms. The fourth-order valence-electron chi connectivity index (χ4n) is 1.99. The normalized spacial score (nSPS) is 12.2. The lowest BCUT2D eigenvalue weighted by atomic mass is 10.0. The van der Waals surface area contributed by atoms with Crippen LogP contribution < -0.4 is 5.32 Å². The minimum Gasteiger partial charge on any atom is -0.377 e.